The number of aliphatic hydroxyl groups excluding tert-OH is 1. The summed E-state index contributed by atoms with van der Waals surface area (Å²) in [5.74, 6) is 0.649. The molecule has 0 aliphatic rings. The molecular weight excluding hydrogens is 378 g/mol. The zero-order valence-electron chi connectivity index (χ0n) is 15.5. The summed E-state index contributed by atoms with van der Waals surface area (Å²) in [6.07, 6.45) is -0.935. The third-order valence-corrected chi connectivity index (χ3v) is 4.52. The summed E-state index contributed by atoms with van der Waals surface area (Å²) < 4.78 is 10.4. The predicted octanol–water partition coefficient (Wildman–Crippen LogP) is 4.69. The normalized spacial score (nSPS) is 11.6. The Morgan fingerprint density at radius 1 is 0.964 bits per heavy atom. The van der Waals surface area contributed by atoms with Crippen LogP contribution in [0.3, 0.4) is 0 Å². The van der Waals surface area contributed by atoms with Crippen LogP contribution in [-0.2, 0) is 0 Å². The van der Waals surface area contributed by atoms with Crippen molar-refractivity contribution >= 4 is 23.2 Å². The van der Waals surface area contributed by atoms with Gasteiger partial charge in [-0.25, -0.2) is 0 Å². The lowest BCUT2D eigenvalue weighted by atomic mass is 9.99. The number of hydrogen-bond acceptors (Lipinski definition) is 4. The molecule has 3 aromatic carbocycles. The molecule has 2 N–H and O–H groups in total. The Morgan fingerprint density at radius 2 is 1.61 bits per heavy atom. The quantitative estimate of drug-likeness (QED) is 0.633. The fourth-order valence-corrected chi connectivity index (χ4v) is 3.00. The largest absolute Gasteiger partial charge is 0.497 e. The van der Waals surface area contributed by atoms with Gasteiger partial charge in [0.05, 0.1) is 14.2 Å². The number of amides is 1. The first kappa shape index (κ1) is 19.7. The predicted molar refractivity (Wildman–Crippen MR) is 109 cm³/mol. The fourth-order valence-electron chi connectivity index (χ4n) is 2.82. The summed E-state index contributed by atoms with van der Waals surface area (Å²) in [7, 11) is 3.04. The van der Waals surface area contributed by atoms with Crippen molar-refractivity contribution in [1.29, 1.82) is 0 Å². The van der Waals surface area contributed by atoms with Crippen LogP contribution in [0.4, 0.5) is 5.69 Å². The van der Waals surface area contributed by atoms with Gasteiger partial charge in [0, 0.05) is 27.9 Å². The number of halogens is 1. The molecule has 0 saturated heterocycles. The van der Waals surface area contributed by atoms with Gasteiger partial charge in [0.25, 0.3) is 5.91 Å². The highest BCUT2D eigenvalue weighted by atomic mass is 35.5. The summed E-state index contributed by atoms with van der Waals surface area (Å²) in [4.78, 5) is 12.8. The molecule has 0 radical (unpaired) electrons. The van der Waals surface area contributed by atoms with Gasteiger partial charge in [-0.3, -0.25) is 4.79 Å². The molecular formula is C22H20ClNO4. The van der Waals surface area contributed by atoms with E-state index in [2.05, 4.69) is 5.32 Å². The molecule has 0 aliphatic carbocycles. The van der Waals surface area contributed by atoms with E-state index in [0.717, 1.165) is 0 Å². The van der Waals surface area contributed by atoms with Crippen LogP contribution >= 0.6 is 11.6 Å². The molecule has 0 bridgehead atoms. The monoisotopic (exact) mass is 397 g/mol. The standard InChI is InChI=1S/C22H20ClNO4/c1-27-17-10-15(11-18(13-17)28-2)22(26)24-20-9-8-16(23)12-19(20)21(25)14-6-4-3-5-7-14/h3-13,21,25H,1-2H3,(H,24,26)/t21-/m1/s1. The molecule has 0 saturated carbocycles. The van der Waals surface area contributed by atoms with E-state index in [1.807, 2.05) is 30.3 Å². The average Bonchev–Trinajstić information content (AvgIpc) is 2.74. The van der Waals surface area contributed by atoms with Gasteiger partial charge in [0.15, 0.2) is 0 Å². The maximum atomic E-state index is 12.8. The van der Waals surface area contributed by atoms with Crippen LogP contribution in [0.25, 0.3) is 0 Å². The summed E-state index contributed by atoms with van der Waals surface area (Å²) in [5.41, 5.74) is 2.03. The molecule has 0 spiro atoms. The van der Waals surface area contributed by atoms with Gasteiger partial charge in [0.2, 0.25) is 0 Å². The lowest BCUT2D eigenvalue weighted by molar-refractivity contribution is 0.102. The minimum Gasteiger partial charge on any atom is -0.497 e. The lowest BCUT2D eigenvalue weighted by Crippen LogP contribution is -2.15. The van der Waals surface area contributed by atoms with Crippen molar-refractivity contribution in [2.75, 3.05) is 19.5 Å². The van der Waals surface area contributed by atoms with E-state index in [1.165, 1.54) is 14.2 Å². The average molecular weight is 398 g/mol. The Labute approximate surface area is 168 Å². The van der Waals surface area contributed by atoms with Crippen LogP contribution in [0.5, 0.6) is 11.5 Å². The number of aliphatic hydroxyl groups is 1. The molecule has 3 aromatic rings. The second-order valence-electron chi connectivity index (χ2n) is 6.10. The van der Waals surface area contributed by atoms with E-state index < -0.39 is 6.10 Å². The molecule has 0 unspecified atom stereocenters. The van der Waals surface area contributed by atoms with Crippen molar-refractivity contribution in [2.45, 2.75) is 6.10 Å². The summed E-state index contributed by atoms with van der Waals surface area (Å²) >= 11 is 6.12. The summed E-state index contributed by atoms with van der Waals surface area (Å²) in [6.45, 7) is 0. The van der Waals surface area contributed by atoms with Crippen LogP contribution in [0.15, 0.2) is 66.7 Å². The minimum atomic E-state index is -0.935. The second kappa shape index (κ2) is 8.78. The first-order valence-electron chi connectivity index (χ1n) is 8.58. The third kappa shape index (κ3) is 4.44. The smallest absolute Gasteiger partial charge is 0.255 e. The summed E-state index contributed by atoms with van der Waals surface area (Å²) in [5, 5.41) is 14.1. The fraction of sp³-hybridized carbons (Fsp3) is 0.136. The number of carbonyl (C=O) groups is 1. The molecule has 0 aliphatic heterocycles. The SMILES string of the molecule is COc1cc(OC)cc(C(=O)Nc2ccc(Cl)cc2[C@H](O)c2ccccc2)c1. The Hall–Kier alpha value is -3.02. The van der Waals surface area contributed by atoms with Gasteiger partial charge in [-0.15, -0.1) is 0 Å². The van der Waals surface area contributed by atoms with Crippen LogP contribution < -0.4 is 14.8 Å². The number of anilines is 1. The van der Waals surface area contributed by atoms with Crippen molar-refractivity contribution in [3.63, 3.8) is 0 Å². The Balaban J connectivity index is 1.94. The van der Waals surface area contributed by atoms with E-state index in [-0.39, 0.29) is 5.91 Å². The van der Waals surface area contributed by atoms with E-state index >= 15 is 0 Å². The molecule has 1 amide bonds. The first-order chi connectivity index (χ1) is 13.5. The third-order valence-electron chi connectivity index (χ3n) is 4.29. The van der Waals surface area contributed by atoms with Crippen LogP contribution in [-0.4, -0.2) is 25.2 Å². The first-order valence-corrected chi connectivity index (χ1v) is 8.96. The van der Waals surface area contributed by atoms with Crippen molar-refractivity contribution in [3.05, 3.63) is 88.4 Å². The van der Waals surface area contributed by atoms with Crippen LogP contribution in [0.2, 0.25) is 5.02 Å². The van der Waals surface area contributed by atoms with Gasteiger partial charge in [-0.2, -0.15) is 0 Å². The number of benzene rings is 3. The highest BCUT2D eigenvalue weighted by Gasteiger charge is 2.18. The van der Waals surface area contributed by atoms with Crippen molar-refractivity contribution in [1.82, 2.24) is 0 Å². The van der Waals surface area contributed by atoms with Gasteiger partial charge >= 0.3 is 0 Å². The van der Waals surface area contributed by atoms with E-state index in [4.69, 9.17) is 21.1 Å². The molecule has 1 atom stereocenters. The number of hydrogen-bond donors (Lipinski definition) is 2. The maximum Gasteiger partial charge on any atom is 0.255 e. The van der Waals surface area contributed by atoms with Crippen LogP contribution in [0, 0.1) is 0 Å². The molecule has 28 heavy (non-hydrogen) atoms. The lowest BCUT2D eigenvalue weighted by Gasteiger charge is -2.17. The Morgan fingerprint density at radius 3 is 2.21 bits per heavy atom. The number of ether oxygens (including phenoxy) is 2. The van der Waals surface area contributed by atoms with E-state index in [0.29, 0.717) is 38.9 Å². The van der Waals surface area contributed by atoms with Gasteiger partial charge < -0.3 is 19.9 Å². The minimum absolute atomic E-state index is 0.360. The number of carbonyl (C=O) groups excluding carboxylic acids is 1. The number of methoxy groups -OCH3 is 2. The van der Waals surface area contributed by atoms with Gasteiger partial charge in [-0.1, -0.05) is 41.9 Å². The maximum absolute atomic E-state index is 12.8. The topological polar surface area (TPSA) is 67.8 Å². The highest BCUT2D eigenvalue weighted by Crippen LogP contribution is 2.31. The van der Waals surface area contributed by atoms with Crippen molar-refractivity contribution < 1.29 is 19.4 Å². The van der Waals surface area contributed by atoms with E-state index in [1.54, 1.807) is 36.4 Å². The zero-order chi connectivity index (χ0) is 20.1. The highest BCUT2D eigenvalue weighted by molar-refractivity contribution is 6.30. The van der Waals surface area contributed by atoms with Gasteiger partial charge in [-0.05, 0) is 35.9 Å². The van der Waals surface area contributed by atoms with Crippen LogP contribution in [0.1, 0.15) is 27.6 Å². The Bertz CT molecular complexity index is 953. The Kier molecular flexibility index (Phi) is 6.19. The molecule has 144 valence electrons. The molecule has 6 heteroatoms. The molecule has 5 nitrogen and oxygen atoms in total. The van der Waals surface area contributed by atoms with Crippen molar-refractivity contribution in [2.24, 2.45) is 0 Å². The molecule has 3 rings (SSSR count). The molecule has 0 fully saturated rings. The summed E-state index contributed by atoms with van der Waals surface area (Å²) in [6, 6.07) is 19.0. The molecule has 0 aromatic heterocycles. The number of nitrogens with one attached hydrogen (secondary N) is 1. The zero-order valence-corrected chi connectivity index (χ0v) is 16.2. The second-order valence-corrected chi connectivity index (χ2v) is 6.54. The van der Waals surface area contributed by atoms with Gasteiger partial charge in [0.1, 0.15) is 17.6 Å². The molecule has 0 heterocycles. The van der Waals surface area contributed by atoms with Crippen molar-refractivity contribution in [3.8, 4) is 11.5 Å². The number of rotatable bonds is 6. The van der Waals surface area contributed by atoms with E-state index in [9.17, 15) is 9.90 Å².